The molecule has 0 atom stereocenters. The minimum Gasteiger partial charge on any atom is -0.356 e. The summed E-state index contributed by atoms with van der Waals surface area (Å²) in [6, 6.07) is 14.7. The number of benzene rings is 2. The second kappa shape index (κ2) is 10.6. The number of nitrogens with zero attached hydrogens (tertiary/aromatic N) is 4. The zero-order valence-electron chi connectivity index (χ0n) is 15.0. The first-order chi connectivity index (χ1) is 12.7. The maximum absolute atomic E-state index is 13.2. The maximum Gasteiger partial charge on any atom is 0.191 e. The first kappa shape index (κ1) is 20.8. The fraction of sp³-hybridized carbons (Fsp3) is 0.211. The number of nitrogens with one attached hydrogen (secondary N) is 2. The third-order valence-corrected chi connectivity index (χ3v) is 3.90. The van der Waals surface area contributed by atoms with Gasteiger partial charge in [-0.3, -0.25) is 4.99 Å². The molecule has 0 aliphatic carbocycles. The van der Waals surface area contributed by atoms with Gasteiger partial charge in [-0.2, -0.15) is 5.10 Å². The van der Waals surface area contributed by atoms with Gasteiger partial charge in [0.15, 0.2) is 5.96 Å². The molecule has 1 heterocycles. The molecule has 0 amide bonds. The Morgan fingerprint density at radius 1 is 1.11 bits per heavy atom. The molecule has 0 saturated carbocycles. The van der Waals surface area contributed by atoms with Crippen molar-refractivity contribution in [2.75, 3.05) is 13.6 Å². The van der Waals surface area contributed by atoms with Crippen LogP contribution in [-0.2, 0) is 13.0 Å². The Hall–Kier alpha value is -2.49. The van der Waals surface area contributed by atoms with Gasteiger partial charge in [0.05, 0.1) is 5.69 Å². The normalized spacial score (nSPS) is 11.0. The van der Waals surface area contributed by atoms with Crippen LogP contribution in [0.5, 0.6) is 0 Å². The highest BCUT2D eigenvalue weighted by atomic mass is 127. The Labute approximate surface area is 175 Å². The van der Waals surface area contributed by atoms with Crippen molar-refractivity contribution in [2.45, 2.75) is 13.0 Å². The predicted molar refractivity (Wildman–Crippen MR) is 115 cm³/mol. The summed E-state index contributed by atoms with van der Waals surface area (Å²) in [7, 11) is 1.73. The quantitative estimate of drug-likeness (QED) is 0.324. The fourth-order valence-electron chi connectivity index (χ4n) is 2.53. The van der Waals surface area contributed by atoms with E-state index >= 15 is 0 Å². The molecule has 8 heteroatoms. The van der Waals surface area contributed by atoms with Gasteiger partial charge in [0.25, 0.3) is 0 Å². The molecule has 0 unspecified atom stereocenters. The third kappa shape index (κ3) is 6.31. The van der Waals surface area contributed by atoms with Crippen molar-refractivity contribution < 1.29 is 4.39 Å². The average Bonchev–Trinajstić information content (AvgIpc) is 3.20. The lowest BCUT2D eigenvalue weighted by molar-refractivity contribution is 0.625. The van der Waals surface area contributed by atoms with Crippen LogP contribution < -0.4 is 10.6 Å². The third-order valence-electron chi connectivity index (χ3n) is 3.90. The van der Waals surface area contributed by atoms with Crippen molar-refractivity contribution in [3.8, 4) is 5.69 Å². The number of aromatic nitrogens is 3. The molecule has 0 aliphatic heterocycles. The zero-order valence-corrected chi connectivity index (χ0v) is 17.3. The monoisotopic (exact) mass is 480 g/mol. The first-order valence-electron chi connectivity index (χ1n) is 8.37. The van der Waals surface area contributed by atoms with Crippen LogP contribution in [0.15, 0.2) is 66.2 Å². The van der Waals surface area contributed by atoms with Crippen molar-refractivity contribution in [1.29, 1.82) is 0 Å². The van der Waals surface area contributed by atoms with Gasteiger partial charge in [-0.15, -0.1) is 24.0 Å². The van der Waals surface area contributed by atoms with Crippen molar-refractivity contribution in [1.82, 2.24) is 25.4 Å². The van der Waals surface area contributed by atoms with Gasteiger partial charge >= 0.3 is 0 Å². The van der Waals surface area contributed by atoms with Crippen LogP contribution in [0.2, 0.25) is 0 Å². The van der Waals surface area contributed by atoms with E-state index in [4.69, 9.17) is 0 Å². The Morgan fingerprint density at radius 3 is 2.59 bits per heavy atom. The van der Waals surface area contributed by atoms with Gasteiger partial charge in [0.2, 0.25) is 0 Å². The molecule has 0 aliphatic rings. The molecule has 3 rings (SSSR count). The largest absolute Gasteiger partial charge is 0.356 e. The smallest absolute Gasteiger partial charge is 0.191 e. The SMILES string of the molecule is CN=C(NCCc1cccc(F)c1)NCc1ccc(-n2cncn2)cc1.I. The summed E-state index contributed by atoms with van der Waals surface area (Å²) >= 11 is 0. The summed E-state index contributed by atoms with van der Waals surface area (Å²) in [5.41, 5.74) is 3.04. The topological polar surface area (TPSA) is 67.1 Å². The van der Waals surface area contributed by atoms with Crippen molar-refractivity contribution in [2.24, 2.45) is 4.99 Å². The molecule has 0 bridgehead atoms. The number of hydrogen-bond acceptors (Lipinski definition) is 3. The molecule has 1 aromatic heterocycles. The van der Waals surface area contributed by atoms with Crippen LogP contribution in [-0.4, -0.2) is 34.3 Å². The van der Waals surface area contributed by atoms with Crippen LogP contribution in [0.1, 0.15) is 11.1 Å². The molecule has 2 N–H and O–H groups in total. The van der Waals surface area contributed by atoms with Gasteiger partial charge < -0.3 is 10.6 Å². The van der Waals surface area contributed by atoms with Crippen LogP contribution >= 0.6 is 24.0 Å². The van der Waals surface area contributed by atoms with Gasteiger partial charge in [-0.1, -0.05) is 24.3 Å². The summed E-state index contributed by atoms with van der Waals surface area (Å²) in [5, 5.41) is 10.6. The molecule has 0 spiro atoms. The molecule has 3 aromatic rings. The van der Waals surface area contributed by atoms with Gasteiger partial charge in [-0.05, 0) is 41.8 Å². The highest BCUT2D eigenvalue weighted by Gasteiger charge is 2.01. The van der Waals surface area contributed by atoms with E-state index < -0.39 is 0 Å². The number of aliphatic imine (C=N–C) groups is 1. The summed E-state index contributed by atoms with van der Waals surface area (Å²) in [4.78, 5) is 8.15. The standard InChI is InChI=1S/C19H21FN6.HI/c1-21-19(23-10-9-15-3-2-4-17(20)11-15)24-12-16-5-7-18(8-6-16)26-14-22-13-25-26;/h2-8,11,13-14H,9-10,12H2,1H3,(H2,21,23,24);1H. The number of rotatable bonds is 6. The highest BCUT2D eigenvalue weighted by Crippen LogP contribution is 2.08. The van der Waals surface area contributed by atoms with Crippen LogP contribution in [0.4, 0.5) is 4.39 Å². The summed E-state index contributed by atoms with van der Waals surface area (Å²) in [6.45, 7) is 1.33. The van der Waals surface area contributed by atoms with E-state index in [1.807, 2.05) is 30.3 Å². The Bertz CT molecular complexity index is 849. The van der Waals surface area contributed by atoms with Crippen molar-refractivity contribution in [3.05, 3.63) is 78.1 Å². The van der Waals surface area contributed by atoms with Crippen LogP contribution in [0.25, 0.3) is 5.69 Å². The van der Waals surface area contributed by atoms with Crippen molar-refractivity contribution >= 4 is 29.9 Å². The van der Waals surface area contributed by atoms with E-state index in [1.165, 1.54) is 12.4 Å². The maximum atomic E-state index is 13.2. The molecule has 0 radical (unpaired) electrons. The molecule has 6 nitrogen and oxygen atoms in total. The number of hydrogen-bond donors (Lipinski definition) is 2. The lowest BCUT2D eigenvalue weighted by Gasteiger charge is -2.12. The van der Waals surface area contributed by atoms with E-state index in [2.05, 4.69) is 25.7 Å². The molecule has 27 heavy (non-hydrogen) atoms. The summed E-state index contributed by atoms with van der Waals surface area (Å²) in [6.07, 6.45) is 3.90. The number of halogens is 2. The van der Waals surface area contributed by atoms with E-state index in [1.54, 1.807) is 30.2 Å². The van der Waals surface area contributed by atoms with E-state index in [-0.39, 0.29) is 29.8 Å². The molecule has 0 saturated heterocycles. The van der Waals surface area contributed by atoms with E-state index in [0.29, 0.717) is 19.0 Å². The number of guanidine groups is 1. The van der Waals surface area contributed by atoms with Gasteiger partial charge in [0.1, 0.15) is 18.5 Å². The summed E-state index contributed by atoms with van der Waals surface area (Å²) < 4.78 is 14.9. The Kier molecular flexibility index (Phi) is 8.18. The minimum absolute atomic E-state index is 0. The van der Waals surface area contributed by atoms with E-state index in [9.17, 15) is 4.39 Å². The van der Waals surface area contributed by atoms with Gasteiger partial charge in [0, 0.05) is 20.1 Å². The molecular weight excluding hydrogens is 458 g/mol. The van der Waals surface area contributed by atoms with Crippen LogP contribution in [0, 0.1) is 5.82 Å². The zero-order chi connectivity index (χ0) is 18.2. The second-order valence-electron chi connectivity index (χ2n) is 5.74. The van der Waals surface area contributed by atoms with Crippen LogP contribution in [0.3, 0.4) is 0 Å². The first-order valence-corrected chi connectivity index (χ1v) is 8.37. The molecule has 142 valence electrons. The summed E-state index contributed by atoms with van der Waals surface area (Å²) in [5.74, 6) is 0.501. The fourth-order valence-corrected chi connectivity index (χ4v) is 2.53. The minimum atomic E-state index is -0.209. The lowest BCUT2D eigenvalue weighted by Crippen LogP contribution is -2.37. The van der Waals surface area contributed by atoms with Gasteiger partial charge in [-0.25, -0.2) is 14.1 Å². The lowest BCUT2D eigenvalue weighted by atomic mass is 10.1. The van der Waals surface area contributed by atoms with Crippen molar-refractivity contribution in [3.63, 3.8) is 0 Å². The van der Waals surface area contributed by atoms with E-state index in [0.717, 1.165) is 23.2 Å². The molecule has 0 fully saturated rings. The second-order valence-corrected chi connectivity index (χ2v) is 5.74. The predicted octanol–water partition coefficient (Wildman–Crippen LogP) is 2.93. The average molecular weight is 480 g/mol. The molecule has 2 aromatic carbocycles. The highest BCUT2D eigenvalue weighted by molar-refractivity contribution is 14.0. The molecular formula is C19H22FIN6. The Morgan fingerprint density at radius 2 is 1.93 bits per heavy atom. The Balaban J connectivity index is 0.00000261.